The van der Waals surface area contributed by atoms with Crippen LogP contribution in [0.3, 0.4) is 0 Å². The Labute approximate surface area is 206 Å². The summed E-state index contributed by atoms with van der Waals surface area (Å²) in [4.78, 5) is 31.1. The molecule has 0 radical (unpaired) electrons. The van der Waals surface area contributed by atoms with E-state index in [0.29, 0.717) is 35.6 Å². The van der Waals surface area contributed by atoms with Crippen LogP contribution in [-0.4, -0.2) is 57.5 Å². The van der Waals surface area contributed by atoms with Gasteiger partial charge in [-0.1, -0.05) is 15.9 Å². The van der Waals surface area contributed by atoms with Crippen LogP contribution in [-0.2, 0) is 4.74 Å². The minimum absolute atomic E-state index is 0.153. The minimum atomic E-state index is -0.628. The number of methoxy groups -OCH3 is 1. The Balaban J connectivity index is 1.70. The first-order valence-electron chi connectivity index (χ1n) is 11.1. The number of aromatic nitrogens is 3. The molecule has 9 nitrogen and oxygen atoms in total. The highest BCUT2D eigenvalue weighted by Gasteiger charge is 2.30. The second-order valence-corrected chi connectivity index (χ2v) is 10.2. The van der Waals surface area contributed by atoms with E-state index >= 15 is 0 Å². The Morgan fingerprint density at radius 2 is 1.85 bits per heavy atom. The van der Waals surface area contributed by atoms with Crippen LogP contribution in [0.15, 0.2) is 34.9 Å². The third-order valence-electron chi connectivity index (χ3n) is 5.78. The molecule has 2 aromatic heterocycles. The predicted octanol–water partition coefficient (Wildman–Crippen LogP) is 4.41. The van der Waals surface area contributed by atoms with Gasteiger partial charge in [-0.05, 0) is 69.4 Å². The Morgan fingerprint density at radius 3 is 2.47 bits per heavy atom. The van der Waals surface area contributed by atoms with Gasteiger partial charge in [0.05, 0.1) is 7.11 Å². The van der Waals surface area contributed by atoms with Crippen molar-refractivity contribution in [1.29, 1.82) is 0 Å². The normalized spacial score (nSPS) is 14.9. The number of carbonyl (C=O) groups excluding carboxylic acids is 2. The Kier molecular flexibility index (Phi) is 6.53. The molecule has 1 aliphatic heterocycles. The topological polar surface area (TPSA) is 113 Å². The van der Waals surface area contributed by atoms with Gasteiger partial charge in [0.15, 0.2) is 5.69 Å². The Hall–Kier alpha value is -3.14. The molecule has 10 heteroatoms. The van der Waals surface area contributed by atoms with Gasteiger partial charge in [0.2, 0.25) is 0 Å². The third-order valence-corrected chi connectivity index (χ3v) is 6.27. The predicted molar refractivity (Wildman–Crippen MR) is 131 cm³/mol. The summed E-state index contributed by atoms with van der Waals surface area (Å²) in [5.74, 6) is 0.0637. The number of piperidine rings is 1. The molecule has 1 aliphatic rings. The highest BCUT2D eigenvalue weighted by atomic mass is 79.9. The van der Waals surface area contributed by atoms with Crippen LogP contribution in [0, 0.1) is 0 Å². The molecule has 0 atom stereocenters. The molecule has 3 aromatic rings. The van der Waals surface area contributed by atoms with E-state index in [2.05, 4.69) is 20.9 Å². The maximum atomic E-state index is 12.5. The van der Waals surface area contributed by atoms with E-state index in [9.17, 15) is 9.59 Å². The molecule has 3 heterocycles. The number of fused-ring (bicyclic) bond motifs is 1. The molecular formula is C24H28BrN5O4. The standard InChI is InChI=1S/C24H28BrN5O4/c1-24(2,3)34-23(32)29-11-8-14(9-12-29)16-7-10-27-20-19(16)28-30(21(20)22(26)31)17-6-5-15(25)13-18(17)33-4/h5-7,10,13-14H,8-9,11-12H2,1-4H3,(H2,26,31). The fourth-order valence-corrected chi connectivity index (χ4v) is 4.59. The van der Waals surface area contributed by atoms with Crippen LogP contribution >= 0.6 is 15.9 Å². The Morgan fingerprint density at radius 1 is 1.15 bits per heavy atom. The number of benzene rings is 1. The van der Waals surface area contributed by atoms with Crippen molar-refractivity contribution in [3.05, 3.63) is 46.2 Å². The van der Waals surface area contributed by atoms with Gasteiger partial charge in [0, 0.05) is 23.8 Å². The van der Waals surface area contributed by atoms with Crippen molar-refractivity contribution >= 4 is 39.0 Å². The molecule has 0 bridgehead atoms. The zero-order valence-electron chi connectivity index (χ0n) is 19.7. The zero-order valence-corrected chi connectivity index (χ0v) is 21.3. The fourth-order valence-electron chi connectivity index (χ4n) is 4.25. The maximum Gasteiger partial charge on any atom is 0.410 e. The second-order valence-electron chi connectivity index (χ2n) is 9.28. The first kappa shape index (κ1) is 24.0. The van der Waals surface area contributed by atoms with E-state index in [1.165, 1.54) is 4.68 Å². The number of hydrogen-bond acceptors (Lipinski definition) is 6. The van der Waals surface area contributed by atoms with Gasteiger partial charge in [0.1, 0.15) is 28.1 Å². The van der Waals surface area contributed by atoms with E-state index in [-0.39, 0.29) is 17.7 Å². The van der Waals surface area contributed by atoms with E-state index in [1.54, 1.807) is 30.3 Å². The van der Waals surface area contributed by atoms with Gasteiger partial charge in [-0.15, -0.1) is 0 Å². The van der Waals surface area contributed by atoms with E-state index in [1.807, 2.05) is 32.9 Å². The summed E-state index contributed by atoms with van der Waals surface area (Å²) in [5, 5.41) is 4.77. The van der Waals surface area contributed by atoms with Gasteiger partial charge < -0.3 is 20.1 Å². The van der Waals surface area contributed by atoms with E-state index in [4.69, 9.17) is 20.3 Å². The molecule has 2 amide bonds. The monoisotopic (exact) mass is 529 g/mol. The highest BCUT2D eigenvalue weighted by molar-refractivity contribution is 9.10. The van der Waals surface area contributed by atoms with Crippen LogP contribution in [0.5, 0.6) is 5.75 Å². The largest absolute Gasteiger partial charge is 0.494 e. The van der Waals surface area contributed by atoms with Crippen molar-refractivity contribution in [2.75, 3.05) is 20.2 Å². The number of likely N-dealkylation sites (tertiary alicyclic amines) is 1. The van der Waals surface area contributed by atoms with E-state index < -0.39 is 11.5 Å². The SMILES string of the molecule is COc1cc(Br)ccc1-n1nc2c(C3CCN(C(=O)OC(C)(C)C)CC3)ccnc2c1C(N)=O. The number of carbonyl (C=O) groups is 2. The molecule has 0 aliphatic carbocycles. The van der Waals surface area contributed by atoms with Crippen LogP contribution in [0.25, 0.3) is 16.7 Å². The average Bonchev–Trinajstić information content (AvgIpc) is 3.17. The first-order chi connectivity index (χ1) is 16.1. The minimum Gasteiger partial charge on any atom is -0.494 e. The molecule has 0 unspecified atom stereocenters. The van der Waals surface area contributed by atoms with E-state index in [0.717, 1.165) is 22.9 Å². The van der Waals surface area contributed by atoms with Crippen molar-refractivity contribution in [1.82, 2.24) is 19.7 Å². The number of ether oxygens (including phenoxy) is 2. The molecule has 1 aromatic carbocycles. The number of primary amides is 1. The summed E-state index contributed by atoms with van der Waals surface area (Å²) in [6.45, 7) is 6.73. The summed E-state index contributed by atoms with van der Waals surface area (Å²) < 4.78 is 13.4. The molecule has 180 valence electrons. The van der Waals surface area contributed by atoms with Crippen molar-refractivity contribution in [2.24, 2.45) is 5.73 Å². The summed E-state index contributed by atoms with van der Waals surface area (Å²) in [6, 6.07) is 7.38. The lowest BCUT2D eigenvalue weighted by Crippen LogP contribution is -2.41. The molecule has 0 saturated carbocycles. The number of halogens is 1. The molecule has 2 N–H and O–H groups in total. The number of rotatable bonds is 4. The van der Waals surface area contributed by atoms with Crippen LogP contribution in [0.4, 0.5) is 4.79 Å². The quantitative estimate of drug-likeness (QED) is 0.535. The summed E-state index contributed by atoms with van der Waals surface area (Å²) in [6.07, 6.45) is 2.88. The number of pyridine rings is 1. The fraction of sp³-hybridized carbons (Fsp3) is 0.417. The van der Waals surface area contributed by atoms with Gasteiger partial charge in [0.25, 0.3) is 5.91 Å². The summed E-state index contributed by atoms with van der Waals surface area (Å²) >= 11 is 3.44. The van der Waals surface area contributed by atoms with Crippen molar-refractivity contribution in [3.8, 4) is 11.4 Å². The van der Waals surface area contributed by atoms with Gasteiger partial charge >= 0.3 is 6.09 Å². The van der Waals surface area contributed by atoms with Gasteiger partial charge in [-0.2, -0.15) is 5.10 Å². The number of nitrogens with zero attached hydrogens (tertiary/aromatic N) is 4. The smallest absolute Gasteiger partial charge is 0.410 e. The third kappa shape index (κ3) is 4.72. The summed E-state index contributed by atoms with van der Waals surface area (Å²) in [7, 11) is 1.56. The van der Waals surface area contributed by atoms with Crippen LogP contribution in [0.2, 0.25) is 0 Å². The summed E-state index contributed by atoms with van der Waals surface area (Å²) in [5.41, 5.74) is 8.07. The van der Waals surface area contributed by atoms with Crippen LogP contribution < -0.4 is 10.5 Å². The molecule has 1 saturated heterocycles. The first-order valence-corrected chi connectivity index (χ1v) is 11.9. The lowest BCUT2D eigenvalue weighted by molar-refractivity contribution is 0.0205. The van der Waals surface area contributed by atoms with Gasteiger partial charge in [-0.25, -0.2) is 9.48 Å². The zero-order chi connectivity index (χ0) is 24.6. The highest BCUT2D eigenvalue weighted by Crippen LogP contribution is 2.35. The Bertz CT molecular complexity index is 1240. The average molecular weight is 530 g/mol. The number of nitrogens with two attached hydrogens (primary N) is 1. The van der Waals surface area contributed by atoms with Crippen LogP contribution in [0.1, 0.15) is 55.6 Å². The lowest BCUT2D eigenvalue weighted by atomic mass is 9.89. The lowest BCUT2D eigenvalue weighted by Gasteiger charge is -2.33. The molecule has 34 heavy (non-hydrogen) atoms. The van der Waals surface area contributed by atoms with Crippen molar-refractivity contribution < 1.29 is 19.1 Å². The number of amides is 2. The second kappa shape index (κ2) is 9.25. The molecule has 1 fully saturated rings. The maximum absolute atomic E-state index is 12.5. The molecular weight excluding hydrogens is 502 g/mol. The number of hydrogen-bond donors (Lipinski definition) is 1. The van der Waals surface area contributed by atoms with Crippen molar-refractivity contribution in [2.45, 2.75) is 45.1 Å². The molecule has 4 rings (SSSR count). The molecule has 0 spiro atoms. The van der Waals surface area contributed by atoms with Crippen molar-refractivity contribution in [3.63, 3.8) is 0 Å². The van der Waals surface area contributed by atoms with Gasteiger partial charge in [-0.3, -0.25) is 9.78 Å².